The van der Waals surface area contributed by atoms with Crippen LogP contribution in [0.2, 0.25) is 0 Å². The van der Waals surface area contributed by atoms with Crippen molar-refractivity contribution in [1.29, 1.82) is 0 Å². The van der Waals surface area contributed by atoms with Gasteiger partial charge in [0, 0.05) is 26.3 Å². The lowest BCUT2D eigenvalue weighted by atomic mass is 10.1. The molecule has 0 aromatic heterocycles. The zero-order valence-electron chi connectivity index (χ0n) is 10.3. The maximum absolute atomic E-state index is 5.65. The number of rotatable bonds is 6. The van der Waals surface area contributed by atoms with Crippen molar-refractivity contribution in [2.45, 2.75) is 51.7 Å². The Balaban J connectivity index is 2.09. The average molecular weight is 215 g/mol. The fraction of sp³-hybridized carbons (Fsp3) is 1.00. The summed E-state index contributed by atoms with van der Waals surface area (Å²) in [6, 6.07) is 0. The van der Waals surface area contributed by atoms with E-state index in [0.717, 1.165) is 26.3 Å². The summed E-state index contributed by atoms with van der Waals surface area (Å²) in [7, 11) is 0. The first kappa shape index (κ1) is 12.9. The lowest BCUT2D eigenvalue weighted by molar-refractivity contribution is -0.0173. The zero-order valence-corrected chi connectivity index (χ0v) is 10.3. The monoisotopic (exact) mass is 215 g/mol. The van der Waals surface area contributed by atoms with E-state index in [4.69, 9.17) is 9.47 Å². The van der Waals surface area contributed by atoms with E-state index < -0.39 is 0 Å². The standard InChI is InChI=1S/C12H25NO2/c1-4-15-12(2,3)10-13-9-11-7-5-6-8-14-11/h11,13H,4-10H2,1-3H3. The predicted molar refractivity (Wildman–Crippen MR) is 62.2 cm³/mol. The Labute approximate surface area is 93.5 Å². The number of hydrogen-bond acceptors (Lipinski definition) is 3. The van der Waals surface area contributed by atoms with Crippen LogP contribution in [0.5, 0.6) is 0 Å². The van der Waals surface area contributed by atoms with Crippen LogP contribution in [0.25, 0.3) is 0 Å². The fourth-order valence-electron chi connectivity index (χ4n) is 1.94. The highest BCUT2D eigenvalue weighted by Gasteiger charge is 2.19. The van der Waals surface area contributed by atoms with Gasteiger partial charge < -0.3 is 14.8 Å². The van der Waals surface area contributed by atoms with E-state index in [2.05, 4.69) is 19.2 Å². The van der Waals surface area contributed by atoms with Gasteiger partial charge >= 0.3 is 0 Å². The molecule has 1 N–H and O–H groups in total. The lowest BCUT2D eigenvalue weighted by Gasteiger charge is -2.28. The molecule has 0 spiro atoms. The Morgan fingerprint density at radius 3 is 2.80 bits per heavy atom. The van der Waals surface area contributed by atoms with Gasteiger partial charge in [-0.1, -0.05) is 0 Å². The van der Waals surface area contributed by atoms with Crippen LogP contribution in [0.1, 0.15) is 40.0 Å². The topological polar surface area (TPSA) is 30.5 Å². The second-order valence-corrected chi connectivity index (χ2v) is 4.81. The summed E-state index contributed by atoms with van der Waals surface area (Å²) in [5.74, 6) is 0. The second kappa shape index (κ2) is 6.46. The molecule has 3 nitrogen and oxygen atoms in total. The van der Waals surface area contributed by atoms with Gasteiger partial charge in [0.25, 0.3) is 0 Å². The van der Waals surface area contributed by atoms with E-state index in [9.17, 15) is 0 Å². The largest absolute Gasteiger partial charge is 0.377 e. The molecule has 1 aliphatic rings. The molecule has 3 heteroatoms. The number of hydrogen-bond donors (Lipinski definition) is 1. The van der Waals surface area contributed by atoms with Crippen molar-refractivity contribution in [3.63, 3.8) is 0 Å². The molecule has 0 aliphatic carbocycles. The maximum Gasteiger partial charge on any atom is 0.0750 e. The molecule has 0 aromatic carbocycles. The van der Waals surface area contributed by atoms with Crippen LogP contribution in [0, 0.1) is 0 Å². The summed E-state index contributed by atoms with van der Waals surface area (Å²) in [6.45, 7) is 9.81. The Morgan fingerprint density at radius 1 is 1.40 bits per heavy atom. The van der Waals surface area contributed by atoms with Gasteiger partial charge in [0.05, 0.1) is 11.7 Å². The van der Waals surface area contributed by atoms with Gasteiger partial charge in [-0.3, -0.25) is 0 Å². The summed E-state index contributed by atoms with van der Waals surface area (Å²) >= 11 is 0. The fourth-order valence-corrected chi connectivity index (χ4v) is 1.94. The normalized spacial score (nSPS) is 23.0. The molecule has 0 amide bonds. The van der Waals surface area contributed by atoms with Crippen molar-refractivity contribution in [1.82, 2.24) is 5.32 Å². The summed E-state index contributed by atoms with van der Waals surface area (Å²) < 4.78 is 11.3. The van der Waals surface area contributed by atoms with E-state index in [1.165, 1.54) is 19.3 Å². The van der Waals surface area contributed by atoms with E-state index in [0.29, 0.717) is 6.10 Å². The molecule has 0 bridgehead atoms. The first-order chi connectivity index (χ1) is 7.14. The smallest absolute Gasteiger partial charge is 0.0750 e. The van der Waals surface area contributed by atoms with E-state index in [1.54, 1.807) is 0 Å². The SMILES string of the molecule is CCOC(C)(C)CNCC1CCCCO1. The molecule has 1 fully saturated rings. The van der Waals surface area contributed by atoms with E-state index in [1.807, 2.05) is 6.92 Å². The first-order valence-corrected chi connectivity index (χ1v) is 6.10. The van der Waals surface area contributed by atoms with Crippen LogP contribution >= 0.6 is 0 Å². The highest BCUT2D eigenvalue weighted by Crippen LogP contribution is 2.12. The van der Waals surface area contributed by atoms with Crippen LogP contribution in [0.4, 0.5) is 0 Å². The predicted octanol–water partition coefficient (Wildman–Crippen LogP) is 1.96. The molecular formula is C12H25NO2. The van der Waals surface area contributed by atoms with Crippen LogP contribution < -0.4 is 5.32 Å². The molecular weight excluding hydrogens is 190 g/mol. The van der Waals surface area contributed by atoms with Crippen molar-refractivity contribution < 1.29 is 9.47 Å². The van der Waals surface area contributed by atoms with Crippen molar-refractivity contribution >= 4 is 0 Å². The van der Waals surface area contributed by atoms with Gasteiger partial charge in [0.2, 0.25) is 0 Å². The first-order valence-electron chi connectivity index (χ1n) is 6.10. The Morgan fingerprint density at radius 2 is 2.20 bits per heavy atom. The number of nitrogens with one attached hydrogen (secondary N) is 1. The highest BCUT2D eigenvalue weighted by molar-refractivity contribution is 4.74. The molecule has 1 atom stereocenters. The van der Waals surface area contributed by atoms with Crippen molar-refractivity contribution in [3.8, 4) is 0 Å². The van der Waals surface area contributed by atoms with Crippen molar-refractivity contribution in [3.05, 3.63) is 0 Å². The molecule has 1 unspecified atom stereocenters. The Hall–Kier alpha value is -0.120. The van der Waals surface area contributed by atoms with Crippen LogP contribution in [-0.4, -0.2) is 38.0 Å². The summed E-state index contributed by atoms with van der Waals surface area (Å²) in [5, 5.41) is 3.43. The Bertz CT molecular complexity index is 165. The van der Waals surface area contributed by atoms with E-state index in [-0.39, 0.29) is 5.60 Å². The minimum absolute atomic E-state index is 0.0661. The minimum Gasteiger partial charge on any atom is -0.377 e. The quantitative estimate of drug-likeness (QED) is 0.734. The van der Waals surface area contributed by atoms with Gasteiger partial charge in [0.15, 0.2) is 0 Å². The second-order valence-electron chi connectivity index (χ2n) is 4.81. The molecule has 15 heavy (non-hydrogen) atoms. The summed E-state index contributed by atoms with van der Waals surface area (Å²) in [5.41, 5.74) is -0.0661. The van der Waals surface area contributed by atoms with Gasteiger partial charge in [0.1, 0.15) is 0 Å². The number of ether oxygens (including phenoxy) is 2. The molecule has 90 valence electrons. The maximum atomic E-state index is 5.65. The third-order valence-electron chi connectivity index (χ3n) is 2.73. The van der Waals surface area contributed by atoms with Crippen molar-refractivity contribution in [2.24, 2.45) is 0 Å². The van der Waals surface area contributed by atoms with Crippen LogP contribution in [0.3, 0.4) is 0 Å². The molecule has 0 aromatic rings. The molecule has 0 saturated carbocycles. The lowest BCUT2D eigenvalue weighted by Crippen LogP contribution is -2.41. The van der Waals surface area contributed by atoms with Gasteiger partial charge in [-0.05, 0) is 40.0 Å². The van der Waals surface area contributed by atoms with Crippen LogP contribution in [0.15, 0.2) is 0 Å². The average Bonchev–Trinajstić information content (AvgIpc) is 2.19. The van der Waals surface area contributed by atoms with Gasteiger partial charge in [-0.2, -0.15) is 0 Å². The van der Waals surface area contributed by atoms with Gasteiger partial charge in [-0.15, -0.1) is 0 Å². The molecule has 1 aliphatic heterocycles. The summed E-state index contributed by atoms with van der Waals surface area (Å²) in [6.07, 6.45) is 4.14. The zero-order chi connectivity index (χ0) is 11.1. The van der Waals surface area contributed by atoms with E-state index >= 15 is 0 Å². The third-order valence-corrected chi connectivity index (χ3v) is 2.73. The Kier molecular flexibility index (Phi) is 5.58. The minimum atomic E-state index is -0.0661. The third kappa shape index (κ3) is 5.50. The highest BCUT2D eigenvalue weighted by atomic mass is 16.5. The molecule has 1 rings (SSSR count). The van der Waals surface area contributed by atoms with Crippen molar-refractivity contribution in [2.75, 3.05) is 26.3 Å². The summed E-state index contributed by atoms with van der Waals surface area (Å²) in [4.78, 5) is 0. The molecule has 0 radical (unpaired) electrons. The molecule has 1 saturated heterocycles. The van der Waals surface area contributed by atoms with Crippen LogP contribution in [-0.2, 0) is 9.47 Å². The molecule has 1 heterocycles. The van der Waals surface area contributed by atoms with Gasteiger partial charge in [-0.25, -0.2) is 0 Å².